The Kier molecular flexibility index (Phi) is 6.57. The molecule has 0 aliphatic rings. The molecule has 10 heteroatoms. The molecule has 0 saturated carbocycles. The number of amides is 2. The van der Waals surface area contributed by atoms with E-state index in [4.69, 9.17) is 4.74 Å². The molecule has 0 aliphatic carbocycles. The second kappa shape index (κ2) is 8.97. The number of esters is 1. The Balaban J connectivity index is 1.97. The molecule has 0 unspecified atom stereocenters. The topological polar surface area (TPSA) is 93.0 Å². The van der Waals surface area contributed by atoms with Crippen LogP contribution in [0.3, 0.4) is 0 Å². The first-order chi connectivity index (χ1) is 14.3. The fourth-order valence-electron chi connectivity index (χ4n) is 3.10. The van der Waals surface area contributed by atoms with Gasteiger partial charge in [-0.05, 0) is 40.2 Å². The van der Waals surface area contributed by atoms with Crippen LogP contribution in [0.2, 0.25) is 0 Å². The average Bonchev–Trinajstić information content (AvgIpc) is 3.33. The lowest BCUT2D eigenvalue weighted by Gasteiger charge is -2.18. The van der Waals surface area contributed by atoms with Gasteiger partial charge in [-0.15, -0.1) is 22.7 Å². The number of rotatable bonds is 7. The summed E-state index contributed by atoms with van der Waals surface area (Å²) in [4.78, 5) is 46.5. The lowest BCUT2D eigenvalue weighted by atomic mass is 10.1. The van der Waals surface area contributed by atoms with Crippen LogP contribution in [0.15, 0.2) is 12.4 Å². The van der Waals surface area contributed by atoms with Gasteiger partial charge in [0.05, 0.1) is 17.0 Å². The number of carbonyl (C=O) groups is 3. The van der Waals surface area contributed by atoms with E-state index in [9.17, 15) is 14.4 Å². The first kappa shape index (κ1) is 22.0. The minimum absolute atomic E-state index is 0.175. The summed E-state index contributed by atoms with van der Waals surface area (Å²) in [6.45, 7) is 10.5. The SMILES string of the molecule is CCOC(=O)c1c(NC(=O)c2cn3cc(C)sc3n2)sc(C(=O)N(CC)CC)c1C. The molecule has 3 aromatic rings. The molecule has 2 amide bonds. The third-order valence-corrected chi connectivity index (χ3v) is 6.71. The highest BCUT2D eigenvalue weighted by molar-refractivity contribution is 7.18. The van der Waals surface area contributed by atoms with Crippen molar-refractivity contribution in [2.45, 2.75) is 34.6 Å². The number of nitrogens with zero attached hydrogens (tertiary/aromatic N) is 3. The van der Waals surface area contributed by atoms with Crippen molar-refractivity contribution in [2.24, 2.45) is 0 Å². The maximum atomic E-state index is 12.9. The van der Waals surface area contributed by atoms with Gasteiger partial charge in [0.15, 0.2) is 4.96 Å². The van der Waals surface area contributed by atoms with Crippen LogP contribution >= 0.6 is 22.7 Å². The molecule has 0 bridgehead atoms. The highest BCUT2D eigenvalue weighted by Crippen LogP contribution is 2.35. The first-order valence-corrected chi connectivity index (χ1v) is 11.3. The standard InChI is InChI=1S/C20H24N4O4S2/c1-6-23(7-2)18(26)15-12(5)14(19(27)28-8-3)17(30-15)22-16(25)13-10-24-9-11(4)29-20(24)21-13/h9-10H,6-8H2,1-5H3,(H,22,25). The van der Waals surface area contributed by atoms with Gasteiger partial charge >= 0.3 is 5.97 Å². The van der Waals surface area contributed by atoms with E-state index >= 15 is 0 Å². The van der Waals surface area contributed by atoms with E-state index in [1.807, 2.05) is 27.0 Å². The van der Waals surface area contributed by atoms with E-state index in [-0.39, 0.29) is 23.8 Å². The van der Waals surface area contributed by atoms with Gasteiger partial charge in [-0.25, -0.2) is 9.78 Å². The summed E-state index contributed by atoms with van der Waals surface area (Å²) < 4.78 is 6.95. The monoisotopic (exact) mass is 448 g/mol. The Morgan fingerprint density at radius 1 is 1.13 bits per heavy atom. The Hall–Kier alpha value is -2.72. The lowest BCUT2D eigenvalue weighted by molar-refractivity contribution is 0.0527. The number of ether oxygens (including phenoxy) is 1. The van der Waals surface area contributed by atoms with Crippen LogP contribution in [0.25, 0.3) is 4.96 Å². The number of aryl methyl sites for hydroxylation is 1. The summed E-state index contributed by atoms with van der Waals surface area (Å²) in [6, 6.07) is 0. The second-order valence-electron chi connectivity index (χ2n) is 6.57. The predicted molar refractivity (Wildman–Crippen MR) is 118 cm³/mol. The van der Waals surface area contributed by atoms with E-state index < -0.39 is 11.9 Å². The van der Waals surface area contributed by atoms with Crippen LogP contribution < -0.4 is 5.32 Å². The van der Waals surface area contributed by atoms with E-state index in [2.05, 4.69) is 10.3 Å². The molecule has 0 atom stereocenters. The zero-order chi connectivity index (χ0) is 22.0. The number of thiophene rings is 1. The number of thiazole rings is 1. The van der Waals surface area contributed by atoms with Crippen molar-refractivity contribution in [3.8, 4) is 0 Å². The molecule has 0 saturated heterocycles. The Bertz CT molecular complexity index is 1080. The highest BCUT2D eigenvalue weighted by Gasteiger charge is 2.28. The van der Waals surface area contributed by atoms with Gasteiger partial charge in [-0.1, -0.05) is 0 Å². The van der Waals surface area contributed by atoms with Crippen molar-refractivity contribution in [3.05, 3.63) is 39.0 Å². The molecule has 8 nitrogen and oxygen atoms in total. The summed E-state index contributed by atoms with van der Waals surface area (Å²) in [5.41, 5.74) is 0.952. The molecule has 30 heavy (non-hydrogen) atoms. The number of nitrogens with one attached hydrogen (secondary N) is 1. The van der Waals surface area contributed by atoms with Crippen molar-refractivity contribution in [2.75, 3.05) is 25.0 Å². The summed E-state index contributed by atoms with van der Waals surface area (Å²) in [5, 5.41) is 3.05. The van der Waals surface area contributed by atoms with Crippen LogP contribution in [-0.2, 0) is 4.74 Å². The molecule has 0 aromatic carbocycles. The van der Waals surface area contributed by atoms with Crippen LogP contribution in [0.1, 0.15) is 61.7 Å². The number of carbonyl (C=O) groups excluding carboxylic acids is 3. The minimum atomic E-state index is -0.568. The summed E-state index contributed by atoms with van der Waals surface area (Å²) >= 11 is 2.57. The van der Waals surface area contributed by atoms with Crippen molar-refractivity contribution >= 4 is 50.4 Å². The number of aromatic nitrogens is 2. The van der Waals surface area contributed by atoms with E-state index in [1.54, 1.807) is 29.3 Å². The molecule has 3 heterocycles. The normalized spacial score (nSPS) is 11.0. The number of hydrogen-bond donors (Lipinski definition) is 1. The van der Waals surface area contributed by atoms with Crippen LogP contribution in [0, 0.1) is 13.8 Å². The van der Waals surface area contributed by atoms with Gasteiger partial charge in [0, 0.05) is 30.4 Å². The molecule has 160 valence electrons. The van der Waals surface area contributed by atoms with E-state index in [1.165, 1.54) is 11.3 Å². The maximum absolute atomic E-state index is 12.9. The summed E-state index contributed by atoms with van der Waals surface area (Å²) in [5.74, 6) is -1.19. The smallest absolute Gasteiger partial charge is 0.341 e. The molecular weight excluding hydrogens is 424 g/mol. The van der Waals surface area contributed by atoms with Gasteiger partial charge < -0.3 is 15.0 Å². The molecule has 0 fully saturated rings. The molecule has 0 aliphatic heterocycles. The number of anilines is 1. The zero-order valence-corrected chi connectivity index (χ0v) is 19.2. The predicted octanol–water partition coefficient (Wildman–Crippen LogP) is 3.99. The molecular formula is C20H24N4O4S2. The van der Waals surface area contributed by atoms with Crippen molar-refractivity contribution in [1.82, 2.24) is 14.3 Å². The van der Waals surface area contributed by atoms with Gasteiger partial charge in [-0.2, -0.15) is 0 Å². The van der Waals surface area contributed by atoms with Crippen LogP contribution in [0.5, 0.6) is 0 Å². The van der Waals surface area contributed by atoms with Gasteiger partial charge in [0.25, 0.3) is 11.8 Å². The fraction of sp³-hybridized carbons (Fsp3) is 0.400. The highest BCUT2D eigenvalue weighted by atomic mass is 32.1. The molecule has 0 radical (unpaired) electrons. The number of fused-ring (bicyclic) bond motifs is 1. The Labute approximate surface area is 182 Å². The van der Waals surface area contributed by atoms with Gasteiger partial charge in [0.2, 0.25) is 0 Å². The lowest BCUT2D eigenvalue weighted by Crippen LogP contribution is -2.30. The number of imidazole rings is 1. The second-order valence-corrected chi connectivity index (χ2v) is 8.80. The Morgan fingerprint density at radius 3 is 2.43 bits per heavy atom. The molecule has 3 rings (SSSR count). The van der Waals surface area contributed by atoms with E-state index in [0.29, 0.717) is 33.5 Å². The quantitative estimate of drug-likeness (QED) is 0.552. The fourth-order valence-corrected chi connectivity index (χ4v) is 5.06. The number of hydrogen-bond acceptors (Lipinski definition) is 7. The van der Waals surface area contributed by atoms with Gasteiger partial charge in [0.1, 0.15) is 10.7 Å². The molecule has 1 N–H and O–H groups in total. The van der Waals surface area contributed by atoms with Crippen molar-refractivity contribution in [1.29, 1.82) is 0 Å². The Morgan fingerprint density at radius 2 is 1.83 bits per heavy atom. The average molecular weight is 449 g/mol. The largest absolute Gasteiger partial charge is 0.462 e. The summed E-state index contributed by atoms with van der Waals surface area (Å²) in [7, 11) is 0. The molecule has 0 spiro atoms. The van der Waals surface area contributed by atoms with E-state index in [0.717, 1.165) is 16.2 Å². The maximum Gasteiger partial charge on any atom is 0.341 e. The van der Waals surface area contributed by atoms with Crippen molar-refractivity contribution in [3.63, 3.8) is 0 Å². The minimum Gasteiger partial charge on any atom is -0.462 e. The van der Waals surface area contributed by atoms with Gasteiger partial charge in [-0.3, -0.25) is 14.0 Å². The summed E-state index contributed by atoms with van der Waals surface area (Å²) in [6.07, 6.45) is 3.53. The zero-order valence-electron chi connectivity index (χ0n) is 17.6. The third kappa shape index (κ3) is 4.10. The molecule has 3 aromatic heterocycles. The van der Waals surface area contributed by atoms with Crippen LogP contribution in [-0.4, -0.2) is 51.8 Å². The van der Waals surface area contributed by atoms with Crippen molar-refractivity contribution < 1.29 is 19.1 Å². The van der Waals surface area contributed by atoms with Crippen LogP contribution in [0.4, 0.5) is 5.00 Å². The third-order valence-electron chi connectivity index (χ3n) is 4.60. The first-order valence-electron chi connectivity index (χ1n) is 9.66.